The van der Waals surface area contributed by atoms with Crippen LogP contribution < -0.4 is 16.2 Å². The van der Waals surface area contributed by atoms with E-state index in [0.29, 0.717) is 17.4 Å². The van der Waals surface area contributed by atoms with Gasteiger partial charge in [-0.2, -0.15) is 0 Å². The number of ketones is 1. The molecule has 2 fully saturated rings. The second kappa shape index (κ2) is 12.3. The predicted octanol–water partition coefficient (Wildman–Crippen LogP) is -0.193. The average molecular weight is 531 g/mol. The van der Waals surface area contributed by atoms with E-state index in [-0.39, 0.29) is 31.1 Å². The van der Waals surface area contributed by atoms with E-state index >= 15 is 0 Å². The number of aliphatic carboxylic acids is 1. The molecule has 3 unspecified atom stereocenters. The van der Waals surface area contributed by atoms with Crippen molar-refractivity contribution in [3.8, 4) is 0 Å². The molecule has 2 aromatic heterocycles. The molecule has 2 aromatic rings. The molecule has 206 valence electrons. The van der Waals surface area contributed by atoms with Crippen molar-refractivity contribution in [1.29, 1.82) is 0 Å². The van der Waals surface area contributed by atoms with E-state index in [4.69, 9.17) is 0 Å². The third-order valence-electron chi connectivity index (χ3n) is 7.20. The van der Waals surface area contributed by atoms with Gasteiger partial charge in [0.2, 0.25) is 5.91 Å². The number of carboxylic acids is 1. The standard InChI is InChI=1S/C24H34N8O6/c1-3-19(32-8-6-25-22(24(32)37)26-12-18-15(2)28-38-29-18)23(36)27-17(11-21(34)35)20(33)14-30-9-10-31-7-4-5-16(31)13-30/h6,8,16-17,19H,3-5,7,9-14H2,1-2H3,(H,25,26)(H,27,36)(H,34,35). The Bertz CT molecular complexity index is 1210. The van der Waals surface area contributed by atoms with E-state index in [1.165, 1.54) is 17.0 Å². The molecule has 2 saturated heterocycles. The van der Waals surface area contributed by atoms with Crippen molar-refractivity contribution in [2.75, 3.05) is 38.0 Å². The molecule has 4 heterocycles. The molecule has 14 nitrogen and oxygen atoms in total. The zero-order valence-electron chi connectivity index (χ0n) is 21.6. The lowest BCUT2D eigenvalue weighted by atomic mass is 10.1. The first-order chi connectivity index (χ1) is 18.3. The fourth-order valence-corrected chi connectivity index (χ4v) is 5.09. The summed E-state index contributed by atoms with van der Waals surface area (Å²) in [7, 11) is 0. The largest absolute Gasteiger partial charge is 0.481 e. The van der Waals surface area contributed by atoms with Crippen molar-refractivity contribution in [2.24, 2.45) is 0 Å². The number of rotatable bonds is 12. The highest BCUT2D eigenvalue weighted by molar-refractivity contribution is 5.94. The maximum absolute atomic E-state index is 13.3. The lowest BCUT2D eigenvalue weighted by molar-refractivity contribution is -0.140. The number of aryl methyl sites for hydroxylation is 1. The van der Waals surface area contributed by atoms with Crippen LogP contribution in [-0.4, -0.2) is 97.2 Å². The van der Waals surface area contributed by atoms with Gasteiger partial charge in [0, 0.05) is 38.1 Å². The molecule has 0 aromatic carbocycles. The number of aromatic nitrogens is 4. The number of nitrogens with one attached hydrogen (secondary N) is 2. The minimum absolute atomic E-state index is 0.00497. The molecule has 0 radical (unpaired) electrons. The van der Waals surface area contributed by atoms with Gasteiger partial charge in [0.15, 0.2) is 11.6 Å². The summed E-state index contributed by atoms with van der Waals surface area (Å²) in [5.74, 6) is -2.15. The molecule has 38 heavy (non-hydrogen) atoms. The minimum Gasteiger partial charge on any atom is -0.481 e. The zero-order valence-corrected chi connectivity index (χ0v) is 21.6. The molecule has 0 saturated carbocycles. The topological polar surface area (TPSA) is 176 Å². The van der Waals surface area contributed by atoms with Gasteiger partial charge in [-0.3, -0.25) is 33.5 Å². The molecule has 14 heteroatoms. The van der Waals surface area contributed by atoms with Crippen LogP contribution in [0.5, 0.6) is 0 Å². The summed E-state index contributed by atoms with van der Waals surface area (Å²) in [6.07, 6.45) is 4.71. The fraction of sp³-hybridized carbons (Fsp3) is 0.625. The van der Waals surface area contributed by atoms with E-state index < -0.39 is 35.9 Å². The predicted molar refractivity (Wildman–Crippen MR) is 134 cm³/mol. The Morgan fingerprint density at radius 1 is 1.24 bits per heavy atom. The lowest BCUT2D eigenvalue weighted by Gasteiger charge is -2.37. The summed E-state index contributed by atoms with van der Waals surface area (Å²) in [5.41, 5.74) is 0.536. The number of fused-ring (bicyclic) bond motifs is 1. The van der Waals surface area contributed by atoms with E-state index in [9.17, 15) is 24.3 Å². The zero-order chi connectivity index (χ0) is 27.2. The summed E-state index contributed by atoms with van der Waals surface area (Å²) in [5, 5.41) is 22.3. The van der Waals surface area contributed by atoms with Crippen molar-refractivity contribution >= 4 is 23.5 Å². The van der Waals surface area contributed by atoms with Gasteiger partial charge in [-0.05, 0) is 32.7 Å². The second-order valence-corrected chi connectivity index (χ2v) is 9.75. The highest BCUT2D eigenvalue weighted by Gasteiger charge is 2.34. The van der Waals surface area contributed by atoms with Gasteiger partial charge < -0.3 is 15.7 Å². The third kappa shape index (κ3) is 6.42. The molecule has 2 aliphatic rings. The van der Waals surface area contributed by atoms with Crippen molar-refractivity contribution in [2.45, 2.75) is 64.2 Å². The Labute approximate surface area is 219 Å². The van der Waals surface area contributed by atoms with Crippen LogP contribution in [0, 0.1) is 6.92 Å². The van der Waals surface area contributed by atoms with Gasteiger partial charge >= 0.3 is 5.97 Å². The lowest BCUT2D eigenvalue weighted by Crippen LogP contribution is -2.54. The molecular weight excluding hydrogens is 496 g/mol. The number of carbonyl (C=O) groups excluding carboxylic acids is 2. The Balaban J connectivity index is 1.43. The number of hydrogen-bond acceptors (Lipinski definition) is 11. The Kier molecular flexibility index (Phi) is 8.84. The average Bonchev–Trinajstić information content (AvgIpc) is 3.52. The number of carboxylic acid groups (broad SMARTS) is 1. The highest BCUT2D eigenvalue weighted by Crippen LogP contribution is 2.21. The van der Waals surface area contributed by atoms with Crippen LogP contribution in [0.15, 0.2) is 21.8 Å². The van der Waals surface area contributed by atoms with Crippen molar-refractivity contribution in [3.05, 3.63) is 34.1 Å². The Morgan fingerprint density at radius 3 is 2.76 bits per heavy atom. The molecule has 1 amide bonds. The fourth-order valence-electron chi connectivity index (χ4n) is 5.09. The van der Waals surface area contributed by atoms with Gasteiger partial charge in [0.05, 0.1) is 25.6 Å². The number of amides is 1. The second-order valence-electron chi connectivity index (χ2n) is 9.75. The van der Waals surface area contributed by atoms with E-state index in [1.807, 2.05) is 4.90 Å². The summed E-state index contributed by atoms with van der Waals surface area (Å²) in [4.78, 5) is 59.5. The number of anilines is 1. The van der Waals surface area contributed by atoms with Crippen LogP contribution in [0.1, 0.15) is 50.0 Å². The van der Waals surface area contributed by atoms with E-state index in [1.54, 1.807) is 13.8 Å². The number of piperazine rings is 1. The molecule has 0 bridgehead atoms. The summed E-state index contributed by atoms with van der Waals surface area (Å²) in [6, 6.07) is -1.75. The molecular formula is C24H34N8O6. The summed E-state index contributed by atoms with van der Waals surface area (Å²) < 4.78 is 5.88. The summed E-state index contributed by atoms with van der Waals surface area (Å²) in [6.45, 7) is 7.08. The smallest absolute Gasteiger partial charge is 0.305 e. The van der Waals surface area contributed by atoms with Gasteiger partial charge in [0.25, 0.3) is 5.56 Å². The molecule has 2 aliphatic heterocycles. The third-order valence-corrected chi connectivity index (χ3v) is 7.20. The molecule has 3 atom stereocenters. The molecule has 4 rings (SSSR count). The van der Waals surface area contributed by atoms with Crippen molar-refractivity contribution < 1.29 is 24.1 Å². The Morgan fingerprint density at radius 2 is 2.05 bits per heavy atom. The van der Waals surface area contributed by atoms with Crippen LogP contribution >= 0.6 is 0 Å². The number of nitrogens with zero attached hydrogens (tertiary/aromatic N) is 6. The molecule has 0 aliphatic carbocycles. The van der Waals surface area contributed by atoms with Crippen molar-refractivity contribution in [3.63, 3.8) is 0 Å². The number of carbonyl (C=O) groups is 3. The monoisotopic (exact) mass is 530 g/mol. The highest BCUT2D eigenvalue weighted by atomic mass is 16.6. The quantitative estimate of drug-likeness (QED) is 0.330. The maximum atomic E-state index is 13.3. The molecule has 0 spiro atoms. The van der Waals surface area contributed by atoms with Gasteiger partial charge in [0.1, 0.15) is 17.4 Å². The first-order valence-electron chi connectivity index (χ1n) is 12.9. The van der Waals surface area contributed by atoms with Crippen LogP contribution in [0.3, 0.4) is 0 Å². The van der Waals surface area contributed by atoms with Gasteiger partial charge in [-0.15, -0.1) is 0 Å². The SMILES string of the molecule is CCC(C(=O)NC(CC(=O)O)C(=O)CN1CCN2CCCC2C1)n1ccnc(NCc2nonc2C)c1=O. The number of Topliss-reactive ketones (excluding diaryl/α,β-unsaturated/α-hetero) is 1. The van der Waals surface area contributed by atoms with Crippen molar-refractivity contribution in [1.82, 2.24) is 35.0 Å². The van der Waals surface area contributed by atoms with Crippen LogP contribution in [0.4, 0.5) is 5.82 Å². The number of hydrogen-bond donors (Lipinski definition) is 3. The maximum Gasteiger partial charge on any atom is 0.305 e. The minimum atomic E-state index is -1.20. The first kappa shape index (κ1) is 27.4. The van der Waals surface area contributed by atoms with Crippen LogP contribution in [-0.2, 0) is 20.9 Å². The first-order valence-corrected chi connectivity index (χ1v) is 12.9. The van der Waals surface area contributed by atoms with E-state index in [2.05, 4.69) is 35.5 Å². The van der Waals surface area contributed by atoms with E-state index in [0.717, 1.165) is 39.0 Å². The summed E-state index contributed by atoms with van der Waals surface area (Å²) >= 11 is 0. The normalized spacial score (nSPS) is 19.5. The molecule has 3 N–H and O–H groups in total. The van der Waals surface area contributed by atoms with Crippen LogP contribution in [0.2, 0.25) is 0 Å². The van der Waals surface area contributed by atoms with Gasteiger partial charge in [-0.25, -0.2) is 9.61 Å². The van der Waals surface area contributed by atoms with Crippen LogP contribution in [0.25, 0.3) is 0 Å². The Hall–Kier alpha value is -3.65. The van der Waals surface area contributed by atoms with Gasteiger partial charge in [-0.1, -0.05) is 17.2 Å².